The molecule has 0 radical (unpaired) electrons. The molecule has 0 aliphatic rings. The lowest BCUT2D eigenvalue weighted by atomic mass is 10.2. The molecule has 0 saturated carbocycles. The van der Waals surface area contributed by atoms with Crippen molar-refractivity contribution in [3.8, 4) is 0 Å². The van der Waals surface area contributed by atoms with Gasteiger partial charge in [0.2, 0.25) is 5.91 Å². The fourth-order valence-corrected chi connectivity index (χ4v) is 1.90. The first kappa shape index (κ1) is 16.5. The Morgan fingerprint density at radius 1 is 0.913 bits per heavy atom. The van der Waals surface area contributed by atoms with Crippen LogP contribution in [0.1, 0.15) is 15.9 Å². The van der Waals surface area contributed by atoms with Crippen molar-refractivity contribution < 1.29 is 14.4 Å². The second kappa shape index (κ2) is 7.42. The number of hydrogen-bond acceptors (Lipinski definition) is 3. The smallest absolute Gasteiger partial charge is 0.313 e. The van der Waals surface area contributed by atoms with Crippen molar-refractivity contribution in [1.82, 2.24) is 5.32 Å². The maximum absolute atomic E-state index is 11.8. The molecule has 0 unspecified atom stereocenters. The first-order valence-corrected chi connectivity index (χ1v) is 7.07. The van der Waals surface area contributed by atoms with Crippen molar-refractivity contribution in [3.05, 3.63) is 64.7 Å². The Labute approximate surface area is 137 Å². The lowest BCUT2D eigenvalue weighted by Crippen LogP contribution is -2.34. The summed E-state index contributed by atoms with van der Waals surface area (Å²) < 4.78 is 0. The van der Waals surface area contributed by atoms with E-state index in [1.54, 1.807) is 24.3 Å². The summed E-state index contributed by atoms with van der Waals surface area (Å²) in [6.45, 7) is 0.212. The highest BCUT2D eigenvalue weighted by molar-refractivity contribution is 6.39. The minimum absolute atomic E-state index is 0.212. The Kier molecular flexibility index (Phi) is 5.32. The van der Waals surface area contributed by atoms with E-state index in [1.807, 2.05) is 0 Å². The second-order valence-corrected chi connectivity index (χ2v) is 5.14. The lowest BCUT2D eigenvalue weighted by molar-refractivity contribution is -0.136. The van der Waals surface area contributed by atoms with Crippen LogP contribution in [0.25, 0.3) is 0 Å². The van der Waals surface area contributed by atoms with Gasteiger partial charge in [-0.15, -0.1) is 0 Å². The molecular formula is C16H14ClN3O3. The Morgan fingerprint density at radius 2 is 1.52 bits per heavy atom. The molecule has 0 bridgehead atoms. The predicted molar refractivity (Wildman–Crippen MR) is 86.9 cm³/mol. The second-order valence-electron chi connectivity index (χ2n) is 4.70. The number of hydrogen-bond donors (Lipinski definition) is 3. The molecule has 0 aliphatic heterocycles. The maximum Gasteiger partial charge on any atom is 0.313 e. The molecule has 0 aromatic heterocycles. The van der Waals surface area contributed by atoms with Crippen molar-refractivity contribution in [2.75, 3.05) is 5.32 Å². The van der Waals surface area contributed by atoms with Crippen LogP contribution < -0.4 is 16.4 Å². The van der Waals surface area contributed by atoms with Gasteiger partial charge >= 0.3 is 11.8 Å². The number of halogens is 1. The molecule has 2 aromatic carbocycles. The average molecular weight is 332 g/mol. The number of carbonyl (C=O) groups is 3. The number of rotatable bonds is 4. The van der Waals surface area contributed by atoms with Crippen LogP contribution in [0, 0.1) is 0 Å². The molecule has 0 heterocycles. The molecule has 118 valence electrons. The van der Waals surface area contributed by atoms with E-state index < -0.39 is 17.7 Å². The fraction of sp³-hybridized carbons (Fsp3) is 0.0625. The summed E-state index contributed by atoms with van der Waals surface area (Å²) in [5.74, 6) is -2.13. The highest BCUT2D eigenvalue weighted by atomic mass is 35.5. The van der Waals surface area contributed by atoms with Crippen molar-refractivity contribution in [2.24, 2.45) is 5.73 Å². The molecule has 0 aliphatic carbocycles. The van der Waals surface area contributed by atoms with E-state index in [4.69, 9.17) is 17.3 Å². The Balaban J connectivity index is 1.88. The summed E-state index contributed by atoms with van der Waals surface area (Å²) in [6.07, 6.45) is 0. The van der Waals surface area contributed by atoms with E-state index >= 15 is 0 Å². The van der Waals surface area contributed by atoms with E-state index in [-0.39, 0.29) is 6.54 Å². The monoisotopic (exact) mass is 331 g/mol. The van der Waals surface area contributed by atoms with Gasteiger partial charge < -0.3 is 16.4 Å². The third-order valence-corrected chi connectivity index (χ3v) is 3.25. The van der Waals surface area contributed by atoms with Crippen molar-refractivity contribution in [2.45, 2.75) is 6.54 Å². The minimum Gasteiger partial charge on any atom is -0.366 e. The average Bonchev–Trinajstić information content (AvgIpc) is 2.54. The van der Waals surface area contributed by atoms with Crippen molar-refractivity contribution in [1.29, 1.82) is 0 Å². The Hall–Kier alpha value is -2.86. The van der Waals surface area contributed by atoms with Crippen LogP contribution in [0.4, 0.5) is 5.69 Å². The molecule has 3 amide bonds. The van der Waals surface area contributed by atoms with Gasteiger partial charge in [0.25, 0.3) is 0 Å². The first-order chi connectivity index (χ1) is 11.0. The van der Waals surface area contributed by atoms with Crippen LogP contribution in [0.2, 0.25) is 5.02 Å². The van der Waals surface area contributed by atoms with Gasteiger partial charge in [0.15, 0.2) is 0 Å². The van der Waals surface area contributed by atoms with E-state index in [0.717, 1.165) is 5.56 Å². The minimum atomic E-state index is -0.800. The molecule has 0 saturated heterocycles. The van der Waals surface area contributed by atoms with E-state index in [0.29, 0.717) is 16.3 Å². The van der Waals surface area contributed by atoms with Gasteiger partial charge in [-0.1, -0.05) is 23.7 Å². The molecule has 0 atom stereocenters. The summed E-state index contributed by atoms with van der Waals surface area (Å²) in [5, 5.41) is 5.52. The van der Waals surface area contributed by atoms with Gasteiger partial charge in [0, 0.05) is 22.8 Å². The van der Waals surface area contributed by atoms with Crippen LogP contribution >= 0.6 is 11.6 Å². The number of primary amides is 1. The van der Waals surface area contributed by atoms with Crippen LogP contribution in [-0.2, 0) is 16.1 Å². The largest absolute Gasteiger partial charge is 0.366 e. The molecule has 7 heteroatoms. The zero-order chi connectivity index (χ0) is 16.8. The third kappa shape index (κ3) is 4.82. The van der Waals surface area contributed by atoms with Crippen molar-refractivity contribution in [3.63, 3.8) is 0 Å². The molecule has 2 rings (SSSR count). The molecule has 6 nitrogen and oxygen atoms in total. The summed E-state index contributed by atoms with van der Waals surface area (Å²) in [4.78, 5) is 34.5. The molecule has 0 fully saturated rings. The van der Waals surface area contributed by atoms with Gasteiger partial charge in [-0.2, -0.15) is 0 Å². The van der Waals surface area contributed by atoms with Gasteiger partial charge in [0.1, 0.15) is 0 Å². The van der Waals surface area contributed by atoms with Gasteiger partial charge in [0.05, 0.1) is 0 Å². The molecule has 0 spiro atoms. The van der Waals surface area contributed by atoms with Crippen LogP contribution in [0.15, 0.2) is 48.5 Å². The Bertz CT molecular complexity index is 727. The zero-order valence-electron chi connectivity index (χ0n) is 12.0. The quantitative estimate of drug-likeness (QED) is 0.743. The molecule has 2 aromatic rings. The van der Waals surface area contributed by atoms with Gasteiger partial charge in [-0.25, -0.2) is 0 Å². The molecule has 23 heavy (non-hydrogen) atoms. The van der Waals surface area contributed by atoms with E-state index in [1.165, 1.54) is 24.3 Å². The van der Waals surface area contributed by atoms with Crippen molar-refractivity contribution >= 4 is 35.0 Å². The summed E-state index contributed by atoms with van der Waals surface area (Å²) in [6, 6.07) is 12.8. The number of anilines is 1. The first-order valence-electron chi connectivity index (χ1n) is 6.69. The lowest BCUT2D eigenvalue weighted by Gasteiger charge is -2.07. The molecule has 4 N–H and O–H groups in total. The number of nitrogens with one attached hydrogen (secondary N) is 2. The van der Waals surface area contributed by atoms with Crippen LogP contribution in [0.5, 0.6) is 0 Å². The van der Waals surface area contributed by atoms with Gasteiger partial charge in [-0.3, -0.25) is 14.4 Å². The zero-order valence-corrected chi connectivity index (χ0v) is 12.8. The number of carbonyl (C=O) groups excluding carboxylic acids is 3. The highest BCUT2D eigenvalue weighted by Gasteiger charge is 2.13. The van der Waals surface area contributed by atoms with Crippen LogP contribution in [0.3, 0.4) is 0 Å². The summed E-state index contributed by atoms with van der Waals surface area (Å²) >= 11 is 5.77. The summed E-state index contributed by atoms with van der Waals surface area (Å²) in [5.41, 5.74) is 6.64. The standard InChI is InChI=1S/C16H14ClN3O3/c17-12-5-1-10(2-6-12)9-19-15(22)16(23)20-13-7-3-11(4-8-13)14(18)21/h1-8H,9H2,(H2,18,21)(H,19,22)(H,20,23). The van der Waals surface area contributed by atoms with Gasteiger partial charge in [-0.05, 0) is 42.0 Å². The van der Waals surface area contributed by atoms with Crippen LogP contribution in [-0.4, -0.2) is 17.7 Å². The van der Waals surface area contributed by atoms with E-state index in [9.17, 15) is 14.4 Å². The normalized spacial score (nSPS) is 9.96. The Morgan fingerprint density at radius 3 is 2.09 bits per heavy atom. The number of benzene rings is 2. The fourth-order valence-electron chi connectivity index (χ4n) is 1.77. The summed E-state index contributed by atoms with van der Waals surface area (Å²) in [7, 11) is 0. The molecular weight excluding hydrogens is 318 g/mol. The SMILES string of the molecule is NC(=O)c1ccc(NC(=O)C(=O)NCc2ccc(Cl)cc2)cc1. The topological polar surface area (TPSA) is 101 Å². The maximum atomic E-state index is 11.8. The third-order valence-electron chi connectivity index (χ3n) is 3.00. The highest BCUT2D eigenvalue weighted by Crippen LogP contribution is 2.10. The number of nitrogens with two attached hydrogens (primary N) is 1. The van der Waals surface area contributed by atoms with E-state index in [2.05, 4.69) is 10.6 Å². The predicted octanol–water partition coefficient (Wildman–Crippen LogP) is 1.69. The number of amides is 3.